The topological polar surface area (TPSA) is 106 Å². The Labute approximate surface area is 193 Å². The van der Waals surface area contributed by atoms with Gasteiger partial charge in [-0.15, -0.1) is 0 Å². The van der Waals surface area contributed by atoms with Crippen molar-refractivity contribution in [1.82, 2.24) is 19.3 Å². The number of ether oxygens (including phenoxy) is 1. The van der Waals surface area contributed by atoms with Crippen molar-refractivity contribution in [3.8, 4) is 11.6 Å². The van der Waals surface area contributed by atoms with Crippen molar-refractivity contribution < 1.29 is 4.74 Å². The predicted molar refractivity (Wildman–Crippen MR) is 133 cm³/mol. The molecule has 2 aromatic carbocycles. The Morgan fingerprint density at radius 3 is 2.74 bits per heavy atom. The second-order valence-corrected chi connectivity index (χ2v) is 7.95. The summed E-state index contributed by atoms with van der Waals surface area (Å²) >= 11 is 0. The number of nitrogens with zero attached hydrogens (tertiary/aromatic N) is 4. The fourth-order valence-corrected chi connectivity index (χ4v) is 4.15. The van der Waals surface area contributed by atoms with Crippen LogP contribution in [0.1, 0.15) is 11.1 Å². The molecule has 0 aliphatic carbocycles. The van der Waals surface area contributed by atoms with E-state index in [2.05, 4.69) is 27.3 Å². The van der Waals surface area contributed by atoms with Crippen molar-refractivity contribution in [2.45, 2.75) is 13.5 Å². The summed E-state index contributed by atoms with van der Waals surface area (Å²) in [5, 5.41) is 9.83. The van der Waals surface area contributed by atoms with Gasteiger partial charge in [-0.3, -0.25) is 20.0 Å². The van der Waals surface area contributed by atoms with Gasteiger partial charge in [0.25, 0.3) is 11.1 Å². The van der Waals surface area contributed by atoms with E-state index < -0.39 is 0 Å². The average Bonchev–Trinajstić information content (AvgIpc) is 3.10. The number of hydrogen-bond donors (Lipinski definition) is 2. The van der Waals surface area contributed by atoms with Crippen LogP contribution >= 0.6 is 0 Å². The Kier molecular flexibility index (Phi) is 5.21. The number of anilines is 1. The minimum Gasteiger partial charge on any atom is -0.441 e. The lowest BCUT2D eigenvalue weighted by Crippen LogP contribution is -2.24. The fourth-order valence-electron chi connectivity index (χ4n) is 4.15. The van der Waals surface area contributed by atoms with E-state index in [0.717, 1.165) is 33.1 Å². The molecule has 0 radical (unpaired) electrons. The van der Waals surface area contributed by atoms with E-state index in [1.54, 1.807) is 24.4 Å². The molecule has 0 saturated carbocycles. The van der Waals surface area contributed by atoms with Gasteiger partial charge < -0.3 is 9.30 Å². The van der Waals surface area contributed by atoms with Gasteiger partial charge in [0.2, 0.25) is 0 Å². The molecule has 0 bridgehead atoms. The molecule has 2 N–H and O–H groups in total. The summed E-state index contributed by atoms with van der Waals surface area (Å²) in [6.45, 7) is 5.75. The lowest BCUT2D eigenvalue weighted by atomic mass is 10.1. The van der Waals surface area contributed by atoms with E-state index in [4.69, 9.17) is 4.74 Å². The van der Waals surface area contributed by atoms with E-state index in [1.165, 1.54) is 10.7 Å². The Hall–Kier alpha value is -4.66. The van der Waals surface area contributed by atoms with Crippen molar-refractivity contribution in [3.63, 3.8) is 0 Å². The Bertz CT molecular complexity index is 1680. The Morgan fingerprint density at radius 1 is 1.12 bits per heavy atom. The van der Waals surface area contributed by atoms with Gasteiger partial charge in [-0.2, -0.15) is 10.2 Å². The predicted octanol–water partition coefficient (Wildman–Crippen LogP) is 3.75. The van der Waals surface area contributed by atoms with Gasteiger partial charge in [-0.25, -0.2) is 4.68 Å². The molecule has 9 nitrogen and oxygen atoms in total. The summed E-state index contributed by atoms with van der Waals surface area (Å²) in [6, 6.07) is 16.0. The standard InChI is InChI=1S/C25H22N6O3/c1-15-16(6-4-7-20(15)29-26-2)14-31-25(33)24-19(13-27-31)18-11-10-17(12-21(18)30(24)3)34-23-9-5-8-22(32)28-23/h4-13,29H,2,14H2,1,3H3,(H,28,32). The number of H-pyrrole nitrogens is 1. The van der Waals surface area contributed by atoms with Crippen molar-refractivity contribution in [2.24, 2.45) is 12.1 Å². The molecule has 0 amide bonds. The average molecular weight is 454 g/mol. The molecule has 0 aliphatic rings. The summed E-state index contributed by atoms with van der Waals surface area (Å²) in [4.78, 5) is 27.6. The maximum Gasteiger partial charge on any atom is 0.291 e. The first kappa shape index (κ1) is 21.2. The summed E-state index contributed by atoms with van der Waals surface area (Å²) in [5.41, 5.74) is 6.57. The molecule has 0 unspecified atom stereocenters. The van der Waals surface area contributed by atoms with Crippen LogP contribution in [-0.4, -0.2) is 26.0 Å². The lowest BCUT2D eigenvalue weighted by Gasteiger charge is -2.11. The first-order valence-electron chi connectivity index (χ1n) is 10.6. The van der Waals surface area contributed by atoms with Gasteiger partial charge in [0, 0.05) is 36.7 Å². The van der Waals surface area contributed by atoms with Crippen LogP contribution in [0.15, 0.2) is 75.5 Å². The first-order chi connectivity index (χ1) is 16.5. The fraction of sp³-hybridized carbons (Fsp3) is 0.120. The van der Waals surface area contributed by atoms with Crippen LogP contribution in [0.3, 0.4) is 0 Å². The van der Waals surface area contributed by atoms with Crippen LogP contribution in [0, 0.1) is 6.92 Å². The molecule has 170 valence electrons. The number of aryl methyl sites for hydroxylation is 1. The van der Waals surface area contributed by atoms with Gasteiger partial charge in [0.15, 0.2) is 5.88 Å². The SMILES string of the molecule is C=NNc1cccc(Cn2ncc3c4ccc(Oc5cccc(=O)[nH]5)cc4n(C)c3c2=O)c1C. The highest BCUT2D eigenvalue weighted by Gasteiger charge is 2.16. The molecular weight excluding hydrogens is 432 g/mol. The summed E-state index contributed by atoms with van der Waals surface area (Å²) < 4.78 is 9.11. The van der Waals surface area contributed by atoms with E-state index >= 15 is 0 Å². The molecular formula is C25H22N6O3. The molecule has 3 heterocycles. The number of hydrazone groups is 1. The maximum atomic E-state index is 13.4. The van der Waals surface area contributed by atoms with E-state index in [9.17, 15) is 9.59 Å². The monoisotopic (exact) mass is 454 g/mol. The van der Waals surface area contributed by atoms with Crippen molar-refractivity contribution in [3.05, 3.63) is 92.6 Å². The normalized spacial score (nSPS) is 11.1. The maximum absolute atomic E-state index is 13.4. The summed E-state index contributed by atoms with van der Waals surface area (Å²) in [6.07, 6.45) is 1.72. The zero-order valence-corrected chi connectivity index (χ0v) is 18.7. The van der Waals surface area contributed by atoms with Crippen LogP contribution in [0.4, 0.5) is 5.69 Å². The van der Waals surface area contributed by atoms with E-state index in [1.807, 2.05) is 48.9 Å². The molecule has 0 atom stereocenters. The van der Waals surface area contributed by atoms with Crippen LogP contribution in [0.5, 0.6) is 11.6 Å². The molecule has 0 spiro atoms. The second-order valence-electron chi connectivity index (χ2n) is 7.95. The van der Waals surface area contributed by atoms with Crippen molar-refractivity contribution in [1.29, 1.82) is 0 Å². The minimum atomic E-state index is -0.243. The second kappa shape index (κ2) is 8.36. The van der Waals surface area contributed by atoms with E-state index in [-0.39, 0.29) is 11.1 Å². The summed E-state index contributed by atoms with van der Waals surface area (Å²) in [5.74, 6) is 0.887. The highest BCUT2D eigenvalue weighted by molar-refractivity contribution is 6.07. The third kappa shape index (κ3) is 3.62. The number of hydrogen-bond acceptors (Lipinski definition) is 6. The third-order valence-corrected chi connectivity index (χ3v) is 5.91. The van der Waals surface area contributed by atoms with Gasteiger partial charge in [0.05, 0.1) is 23.9 Å². The first-order valence-corrected chi connectivity index (χ1v) is 10.6. The lowest BCUT2D eigenvalue weighted by molar-refractivity contribution is 0.462. The Morgan fingerprint density at radius 2 is 1.94 bits per heavy atom. The number of aromatic nitrogens is 4. The van der Waals surface area contributed by atoms with Crippen LogP contribution in [-0.2, 0) is 13.6 Å². The molecule has 3 aromatic heterocycles. The summed E-state index contributed by atoms with van der Waals surface area (Å²) in [7, 11) is 1.84. The van der Waals surface area contributed by atoms with Crippen LogP contribution in [0.2, 0.25) is 0 Å². The number of rotatable bonds is 6. The minimum absolute atomic E-state index is 0.189. The highest BCUT2D eigenvalue weighted by Crippen LogP contribution is 2.30. The third-order valence-electron chi connectivity index (χ3n) is 5.91. The van der Waals surface area contributed by atoms with Gasteiger partial charge in [0.1, 0.15) is 11.3 Å². The molecule has 0 fully saturated rings. The zero-order chi connectivity index (χ0) is 23.8. The van der Waals surface area contributed by atoms with Gasteiger partial charge in [-0.1, -0.05) is 18.2 Å². The molecule has 9 heteroatoms. The highest BCUT2D eigenvalue weighted by atomic mass is 16.5. The molecule has 5 rings (SSSR count). The van der Waals surface area contributed by atoms with Gasteiger partial charge >= 0.3 is 0 Å². The quantitative estimate of drug-likeness (QED) is 0.300. The molecule has 34 heavy (non-hydrogen) atoms. The number of benzene rings is 2. The zero-order valence-electron chi connectivity index (χ0n) is 18.7. The number of aromatic amines is 1. The van der Waals surface area contributed by atoms with Crippen molar-refractivity contribution >= 4 is 34.2 Å². The van der Waals surface area contributed by atoms with Crippen LogP contribution in [0.25, 0.3) is 21.8 Å². The Balaban J connectivity index is 1.57. The van der Waals surface area contributed by atoms with E-state index in [0.29, 0.717) is 23.7 Å². The molecule has 0 saturated heterocycles. The number of fused-ring (bicyclic) bond motifs is 3. The van der Waals surface area contributed by atoms with Crippen molar-refractivity contribution in [2.75, 3.05) is 5.43 Å². The largest absolute Gasteiger partial charge is 0.441 e. The number of pyridine rings is 1. The van der Waals surface area contributed by atoms with Gasteiger partial charge in [-0.05, 0) is 42.3 Å². The molecule has 0 aliphatic heterocycles. The smallest absolute Gasteiger partial charge is 0.291 e. The van der Waals surface area contributed by atoms with Crippen LogP contribution < -0.4 is 21.3 Å². The number of nitrogens with one attached hydrogen (secondary N) is 2. The molecule has 5 aromatic rings.